The second-order valence-electron chi connectivity index (χ2n) is 4.94. The minimum atomic E-state index is 0.910. The van der Waals surface area contributed by atoms with Crippen molar-refractivity contribution in [2.24, 2.45) is 5.92 Å². The van der Waals surface area contributed by atoms with E-state index in [4.69, 9.17) is 0 Å². The normalized spacial score (nSPS) is 20.7. The van der Waals surface area contributed by atoms with Crippen LogP contribution in [0.3, 0.4) is 0 Å². The summed E-state index contributed by atoms with van der Waals surface area (Å²) in [5, 5.41) is 3.09. The molecule has 0 radical (unpaired) electrons. The summed E-state index contributed by atoms with van der Waals surface area (Å²) in [5.74, 6) is 1.87. The largest absolute Gasteiger partial charge is 0.373 e. The molecule has 1 fully saturated rings. The average molecular weight is 233 g/mol. The van der Waals surface area contributed by atoms with Gasteiger partial charge in [-0.2, -0.15) is 0 Å². The van der Waals surface area contributed by atoms with Crippen molar-refractivity contribution in [3.05, 3.63) is 23.9 Å². The zero-order chi connectivity index (χ0) is 12.1. The van der Waals surface area contributed by atoms with Gasteiger partial charge in [-0.05, 0) is 37.4 Å². The lowest BCUT2D eigenvalue weighted by Crippen LogP contribution is -2.20. The molecule has 1 aliphatic heterocycles. The number of nitrogens with one attached hydrogen (secondary N) is 1. The first-order valence-corrected chi connectivity index (χ1v) is 6.68. The number of likely N-dealkylation sites (tertiary alicyclic amines) is 1. The Labute approximate surface area is 104 Å². The molecule has 1 atom stereocenters. The van der Waals surface area contributed by atoms with E-state index in [0.717, 1.165) is 18.3 Å². The molecule has 0 bridgehead atoms. The van der Waals surface area contributed by atoms with Gasteiger partial charge < -0.3 is 5.32 Å². The summed E-state index contributed by atoms with van der Waals surface area (Å²) in [6.45, 7) is 5.76. The molecule has 2 rings (SSSR count). The molecule has 0 spiro atoms. The van der Waals surface area contributed by atoms with E-state index in [-0.39, 0.29) is 0 Å². The Balaban J connectivity index is 1.88. The maximum absolute atomic E-state index is 4.57. The highest BCUT2D eigenvalue weighted by molar-refractivity contribution is 5.34. The molecule has 3 nitrogen and oxygen atoms in total. The molecule has 1 saturated heterocycles. The highest BCUT2D eigenvalue weighted by Gasteiger charge is 2.21. The van der Waals surface area contributed by atoms with Crippen molar-refractivity contribution < 1.29 is 0 Å². The number of pyridine rings is 1. The Hall–Kier alpha value is -1.09. The minimum Gasteiger partial charge on any atom is -0.373 e. The molecule has 3 heteroatoms. The predicted molar refractivity (Wildman–Crippen MR) is 72.1 cm³/mol. The van der Waals surface area contributed by atoms with Crippen molar-refractivity contribution in [1.82, 2.24) is 9.88 Å². The summed E-state index contributed by atoms with van der Waals surface area (Å²) in [5.41, 5.74) is 1.17. The van der Waals surface area contributed by atoms with E-state index in [0.29, 0.717) is 0 Å². The monoisotopic (exact) mass is 233 g/mol. The molecule has 0 aliphatic carbocycles. The van der Waals surface area contributed by atoms with Crippen molar-refractivity contribution >= 4 is 5.82 Å². The predicted octanol–water partition coefficient (Wildman–Crippen LogP) is 2.75. The van der Waals surface area contributed by atoms with E-state index in [1.54, 1.807) is 0 Å². The molecule has 1 aliphatic rings. The molecule has 94 valence electrons. The van der Waals surface area contributed by atoms with Crippen LogP contribution in [0, 0.1) is 5.92 Å². The second kappa shape index (κ2) is 6.01. The lowest BCUT2D eigenvalue weighted by atomic mass is 10.0. The van der Waals surface area contributed by atoms with Crippen LogP contribution in [0.15, 0.2) is 18.2 Å². The first-order valence-electron chi connectivity index (χ1n) is 6.68. The fourth-order valence-corrected chi connectivity index (χ4v) is 2.64. The van der Waals surface area contributed by atoms with Gasteiger partial charge in [0.2, 0.25) is 0 Å². The quantitative estimate of drug-likeness (QED) is 0.847. The molecule has 1 unspecified atom stereocenters. The summed E-state index contributed by atoms with van der Waals surface area (Å²) in [6, 6.07) is 6.20. The number of hydrogen-bond donors (Lipinski definition) is 1. The van der Waals surface area contributed by atoms with Crippen molar-refractivity contribution in [3.8, 4) is 0 Å². The zero-order valence-electron chi connectivity index (χ0n) is 10.9. The van der Waals surface area contributed by atoms with E-state index in [2.05, 4.69) is 34.3 Å². The number of aromatic nitrogens is 1. The van der Waals surface area contributed by atoms with E-state index in [1.807, 2.05) is 13.1 Å². The smallest absolute Gasteiger partial charge is 0.126 e. The lowest BCUT2D eigenvalue weighted by molar-refractivity contribution is 0.309. The van der Waals surface area contributed by atoms with Crippen LogP contribution < -0.4 is 5.32 Å². The topological polar surface area (TPSA) is 28.2 Å². The van der Waals surface area contributed by atoms with Gasteiger partial charge in [0.1, 0.15) is 5.82 Å². The number of anilines is 1. The minimum absolute atomic E-state index is 0.910. The fraction of sp³-hybridized carbons (Fsp3) is 0.643. The summed E-state index contributed by atoms with van der Waals surface area (Å²) >= 11 is 0. The maximum Gasteiger partial charge on any atom is 0.126 e. The van der Waals surface area contributed by atoms with Crippen molar-refractivity contribution in [1.29, 1.82) is 0 Å². The Morgan fingerprint density at radius 2 is 2.35 bits per heavy atom. The molecule has 0 aromatic carbocycles. The number of nitrogens with zero attached hydrogens (tertiary/aromatic N) is 2. The Morgan fingerprint density at radius 1 is 1.47 bits per heavy atom. The zero-order valence-corrected chi connectivity index (χ0v) is 10.9. The number of rotatable bonds is 5. The van der Waals surface area contributed by atoms with Crippen molar-refractivity contribution in [3.63, 3.8) is 0 Å². The summed E-state index contributed by atoms with van der Waals surface area (Å²) in [7, 11) is 1.92. The van der Waals surface area contributed by atoms with Crippen molar-refractivity contribution in [2.75, 3.05) is 25.5 Å². The number of hydrogen-bond acceptors (Lipinski definition) is 3. The Bertz CT molecular complexity index is 351. The third-order valence-corrected chi connectivity index (χ3v) is 3.52. The molecule has 0 amide bonds. The van der Waals surface area contributed by atoms with Crippen LogP contribution in [-0.2, 0) is 6.54 Å². The standard InChI is InChI=1S/C14H23N3/c1-3-5-12-8-9-17(10-12)11-13-6-4-7-14(15-2)16-13/h4,6-7,12H,3,5,8-11H2,1-2H3,(H,15,16). The first-order chi connectivity index (χ1) is 8.31. The average Bonchev–Trinajstić information content (AvgIpc) is 2.77. The van der Waals surface area contributed by atoms with Crippen LogP contribution in [0.5, 0.6) is 0 Å². The molecular weight excluding hydrogens is 210 g/mol. The van der Waals surface area contributed by atoms with Crippen LogP contribution in [0.25, 0.3) is 0 Å². The van der Waals surface area contributed by atoms with Crippen LogP contribution in [0.1, 0.15) is 31.9 Å². The SMILES string of the molecule is CCCC1CCN(Cc2cccc(NC)n2)C1. The van der Waals surface area contributed by atoms with E-state index < -0.39 is 0 Å². The maximum atomic E-state index is 4.57. The van der Waals surface area contributed by atoms with Crippen LogP contribution in [-0.4, -0.2) is 30.0 Å². The molecule has 1 aromatic rings. The molecule has 1 N–H and O–H groups in total. The van der Waals surface area contributed by atoms with Crippen molar-refractivity contribution in [2.45, 2.75) is 32.7 Å². The van der Waals surface area contributed by atoms with Gasteiger partial charge in [-0.15, -0.1) is 0 Å². The van der Waals surface area contributed by atoms with E-state index in [1.165, 1.54) is 38.0 Å². The molecule has 2 heterocycles. The van der Waals surface area contributed by atoms with Gasteiger partial charge in [0, 0.05) is 20.1 Å². The highest BCUT2D eigenvalue weighted by Crippen LogP contribution is 2.22. The van der Waals surface area contributed by atoms with Crippen LogP contribution >= 0.6 is 0 Å². The lowest BCUT2D eigenvalue weighted by Gasteiger charge is -2.15. The Morgan fingerprint density at radius 3 is 3.12 bits per heavy atom. The fourth-order valence-electron chi connectivity index (χ4n) is 2.64. The summed E-state index contributed by atoms with van der Waals surface area (Å²) in [4.78, 5) is 7.10. The second-order valence-corrected chi connectivity index (χ2v) is 4.94. The summed E-state index contributed by atoms with van der Waals surface area (Å²) in [6.07, 6.45) is 4.05. The molecule has 17 heavy (non-hydrogen) atoms. The van der Waals surface area contributed by atoms with E-state index in [9.17, 15) is 0 Å². The van der Waals surface area contributed by atoms with Gasteiger partial charge in [-0.3, -0.25) is 4.90 Å². The molecule has 1 aromatic heterocycles. The molecular formula is C14H23N3. The van der Waals surface area contributed by atoms with Gasteiger partial charge in [-0.25, -0.2) is 4.98 Å². The molecule has 0 saturated carbocycles. The van der Waals surface area contributed by atoms with Gasteiger partial charge in [0.15, 0.2) is 0 Å². The van der Waals surface area contributed by atoms with Gasteiger partial charge in [0.25, 0.3) is 0 Å². The summed E-state index contributed by atoms with van der Waals surface area (Å²) < 4.78 is 0. The van der Waals surface area contributed by atoms with Gasteiger partial charge in [0.05, 0.1) is 5.69 Å². The van der Waals surface area contributed by atoms with Crippen LogP contribution in [0.4, 0.5) is 5.82 Å². The van der Waals surface area contributed by atoms with Gasteiger partial charge in [-0.1, -0.05) is 19.4 Å². The van der Waals surface area contributed by atoms with E-state index >= 15 is 0 Å². The highest BCUT2D eigenvalue weighted by atomic mass is 15.2. The third kappa shape index (κ3) is 3.43. The van der Waals surface area contributed by atoms with Crippen LogP contribution in [0.2, 0.25) is 0 Å². The Kier molecular flexibility index (Phi) is 4.37. The third-order valence-electron chi connectivity index (χ3n) is 3.52. The van der Waals surface area contributed by atoms with Gasteiger partial charge >= 0.3 is 0 Å². The first kappa shape index (κ1) is 12.4.